The molecule has 2 rings (SSSR count). The van der Waals surface area contributed by atoms with Gasteiger partial charge in [0.25, 0.3) is 6.43 Å². The van der Waals surface area contributed by atoms with E-state index in [2.05, 4.69) is 0 Å². The van der Waals surface area contributed by atoms with E-state index >= 15 is 0 Å². The van der Waals surface area contributed by atoms with E-state index < -0.39 is 42.0 Å². The normalized spacial score (nSPS) is 26.2. The number of carboxylic acids is 2. The fourth-order valence-corrected chi connectivity index (χ4v) is 3.07. The lowest BCUT2D eigenvalue weighted by Gasteiger charge is -2.39. The number of ether oxygens (including phenoxy) is 1. The number of carbonyl (C=O) groups is 2. The first-order valence-electron chi connectivity index (χ1n) is 7.10. The molecule has 25 heavy (non-hydrogen) atoms. The van der Waals surface area contributed by atoms with Gasteiger partial charge in [-0.1, -0.05) is 23.2 Å². The number of halogens is 4. The van der Waals surface area contributed by atoms with E-state index in [-0.39, 0.29) is 21.6 Å². The van der Waals surface area contributed by atoms with Crippen molar-refractivity contribution in [2.75, 3.05) is 0 Å². The second kappa shape index (κ2) is 6.80. The van der Waals surface area contributed by atoms with E-state index in [1.165, 1.54) is 25.1 Å². The average Bonchev–Trinajstić information content (AvgIpc) is 2.50. The molecule has 136 valence electrons. The predicted octanol–water partition coefficient (Wildman–Crippen LogP) is 4.48. The van der Waals surface area contributed by atoms with Crippen LogP contribution in [0.2, 0.25) is 10.0 Å². The average molecular weight is 395 g/mol. The Labute approximate surface area is 151 Å². The number of benzene rings is 1. The van der Waals surface area contributed by atoms with Gasteiger partial charge in [0.15, 0.2) is 0 Å². The third kappa shape index (κ3) is 3.72. The van der Waals surface area contributed by atoms with Crippen LogP contribution in [0.5, 0.6) is 5.75 Å². The summed E-state index contributed by atoms with van der Waals surface area (Å²) in [5.74, 6) is -3.26. The molecule has 0 fully saturated rings. The van der Waals surface area contributed by atoms with Gasteiger partial charge in [-0.2, -0.15) is 0 Å². The summed E-state index contributed by atoms with van der Waals surface area (Å²) >= 11 is 11.6. The standard InChI is InChI=1S/C16H14Cl2F2O5/c1-15(13(21)22)5-9(6-16(7-15,12(19)20)14(23)24)25-8-2-3-10(17)11(18)4-8/h2-5,12H,6-7H2,1H3,(H,21,22)(H,23,24). The molecule has 0 radical (unpaired) electrons. The van der Waals surface area contributed by atoms with Crippen molar-refractivity contribution in [3.05, 3.63) is 40.1 Å². The Bertz CT molecular complexity index is 752. The molecule has 1 aliphatic carbocycles. The lowest BCUT2D eigenvalue weighted by molar-refractivity contribution is -0.168. The zero-order valence-electron chi connectivity index (χ0n) is 12.9. The summed E-state index contributed by atoms with van der Waals surface area (Å²) in [5.41, 5.74) is -4.38. The molecular weight excluding hydrogens is 381 g/mol. The summed E-state index contributed by atoms with van der Waals surface area (Å²) in [6.07, 6.45) is -3.52. The van der Waals surface area contributed by atoms with Crippen LogP contribution in [0.15, 0.2) is 30.0 Å². The maximum Gasteiger partial charge on any atom is 0.315 e. The van der Waals surface area contributed by atoms with Crippen molar-refractivity contribution in [2.24, 2.45) is 10.8 Å². The molecule has 2 unspecified atom stereocenters. The Morgan fingerprint density at radius 1 is 1.20 bits per heavy atom. The Hall–Kier alpha value is -1.86. The van der Waals surface area contributed by atoms with E-state index in [0.29, 0.717) is 0 Å². The molecule has 0 aromatic heterocycles. The van der Waals surface area contributed by atoms with Crippen molar-refractivity contribution < 1.29 is 33.3 Å². The molecule has 0 spiro atoms. The van der Waals surface area contributed by atoms with Gasteiger partial charge < -0.3 is 14.9 Å². The first kappa shape index (κ1) is 19.5. The highest BCUT2D eigenvalue weighted by molar-refractivity contribution is 6.42. The fourth-order valence-electron chi connectivity index (χ4n) is 2.78. The summed E-state index contributed by atoms with van der Waals surface area (Å²) in [5, 5.41) is 19.1. The highest BCUT2D eigenvalue weighted by atomic mass is 35.5. The first-order chi connectivity index (χ1) is 11.5. The number of alkyl halides is 2. The first-order valence-corrected chi connectivity index (χ1v) is 7.85. The van der Waals surface area contributed by atoms with Gasteiger partial charge in [0.05, 0.1) is 15.5 Å². The quantitative estimate of drug-likeness (QED) is 0.768. The Kier molecular flexibility index (Phi) is 5.30. The van der Waals surface area contributed by atoms with Crippen molar-refractivity contribution in [1.82, 2.24) is 0 Å². The van der Waals surface area contributed by atoms with Crippen LogP contribution >= 0.6 is 23.2 Å². The molecule has 0 saturated heterocycles. The molecule has 2 atom stereocenters. The van der Waals surface area contributed by atoms with E-state index in [9.17, 15) is 28.6 Å². The van der Waals surface area contributed by atoms with Gasteiger partial charge in [-0.15, -0.1) is 0 Å². The maximum atomic E-state index is 13.6. The number of hydrogen-bond acceptors (Lipinski definition) is 3. The molecule has 1 aliphatic rings. The summed E-state index contributed by atoms with van der Waals surface area (Å²) in [7, 11) is 0. The summed E-state index contributed by atoms with van der Waals surface area (Å²) < 4.78 is 32.6. The van der Waals surface area contributed by atoms with Gasteiger partial charge in [0.2, 0.25) is 0 Å². The van der Waals surface area contributed by atoms with E-state index in [1.54, 1.807) is 0 Å². The third-order valence-electron chi connectivity index (χ3n) is 4.12. The second-order valence-electron chi connectivity index (χ2n) is 6.13. The monoisotopic (exact) mass is 394 g/mol. The molecule has 0 saturated carbocycles. The van der Waals surface area contributed by atoms with Gasteiger partial charge in [0, 0.05) is 12.5 Å². The molecule has 0 bridgehead atoms. The molecule has 0 aliphatic heterocycles. The molecule has 1 aromatic carbocycles. The van der Waals surface area contributed by atoms with Gasteiger partial charge in [-0.25, -0.2) is 8.78 Å². The minimum atomic E-state index is -3.27. The molecule has 5 nitrogen and oxygen atoms in total. The van der Waals surface area contributed by atoms with Crippen LogP contribution in [-0.2, 0) is 9.59 Å². The molecule has 2 N–H and O–H groups in total. The molecule has 9 heteroatoms. The fraction of sp³-hybridized carbons (Fsp3) is 0.375. The van der Waals surface area contributed by atoms with Crippen molar-refractivity contribution in [1.29, 1.82) is 0 Å². The Morgan fingerprint density at radius 2 is 1.84 bits per heavy atom. The van der Waals surface area contributed by atoms with Gasteiger partial charge in [-0.3, -0.25) is 9.59 Å². The van der Waals surface area contributed by atoms with Crippen LogP contribution in [0.1, 0.15) is 19.8 Å². The molecule has 0 amide bonds. The molecular formula is C16H14Cl2F2O5. The molecule has 0 heterocycles. The Morgan fingerprint density at radius 3 is 2.32 bits per heavy atom. The van der Waals surface area contributed by atoms with Gasteiger partial charge in [-0.05, 0) is 31.6 Å². The maximum absolute atomic E-state index is 13.6. The molecule has 1 aromatic rings. The smallest absolute Gasteiger partial charge is 0.315 e. The minimum Gasteiger partial charge on any atom is -0.481 e. The van der Waals surface area contributed by atoms with Crippen LogP contribution in [0.4, 0.5) is 8.78 Å². The zero-order valence-corrected chi connectivity index (χ0v) is 14.4. The highest BCUT2D eigenvalue weighted by Crippen LogP contribution is 2.49. The largest absolute Gasteiger partial charge is 0.481 e. The number of carboxylic acid groups (broad SMARTS) is 2. The van der Waals surface area contributed by atoms with Crippen molar-refractivity contribution in [2.45, 2.75) is 26.2 Å². The minimum absolute atomic E-state index is 0.129. The summed E-state index contributed by atoms with van der Waals surface area (Å²) in [6, 6.07) is 4.14. The number of aliphatic carboxylic acids is 2. The zero-order chi connectivity index (χ0) is 19.0. The summed E-state index contributed by atoms with van der Waals surface area (Å²) in [4.78, 5) is 23.1. The van der Waals surface area contributed by atoms with E-state index in [4.69, 9.17) is 27.9 Å². The predicted molar refractivity (Wildman–Crippen MR) is 86.2 cm³/mol. The van der Waals surface area contributed by atoms with Crippen LogP contribution in [0.25, 0.3) is 0 Å². The SMILES string of the molecule is CC1(C(=O)O)C=C(Oc2ccc(Cl)c(Cl)c2)CC(C(=O)O)(C(F)F)C1. The number of rotatable bonds is 5. The highest BCUT2D eigenvalue weighted by Gasteiger charge is 2.57. The third-order valence-corrected chi connectivity index (χ3v) is 4.86. The lowest BCUT2D eigenvalue weighted by atomic mass is 9.65. The van der Waals surface area contributed by atoms with Crippen LogP contribution < -0.4 is 4.74 Å². The van der Waals surface area contributed by atoms with Crippen molar-refractivity contribution in [3.8, 4) is 5.75 Å². The topological polar surface area (TPSA) is 83.8 Å². The second-order valence-corrected chi connectivity index (χ2v) is 6.94. The van der Waals surface area contributed by atoms with E-state index in [1.807, 2.05) is 0 Å². The summed E-state index contributed by atoms with van der Waals surface area (Å²) in [6.45, 7) is 1.17. The van der Waals surface area contributed by atoms with Gasteiger partial charge in [0.1, 0.15) is 16.9 Å². The van der Waals surface area contributed by atoms with Crippen LogP contribution in [-0.4, -0.2) is 28.6 Å². The van der Waals surface area contributed by atoms with Crippen LogP contribution in [0.3, 0.4) is 0 Å². The van der Waals surface area contributed by atoms with E-state index in [0.717, 1.165) is 6.08 Å². The van der Waals surface area contributed by atoms with Crippen molar-refractivity contribution in [3.63, 3.8) is 0 Å². The lowest BCUT2D eigenvalue weighted by Crippen LogP contribution is -2.48. The Balaban J connectivity index is 2.47. The van der Waals surface area contributed by atoms with Gasteiger partial charge >= 0.3 is 11.9 Å². The number of hydrogen-bond donors (Lipinski definition) is 2. The van der Waals surface area contributed by atoms with Crippen molar-refractivity contribution >= 4 is 35.1 Å². The number of allylic oxidation sites excluding steroid dienone is 1. The van der Waals surface area contributed by atoms with Crippen LogP contribution in [0, 0.1) is 10.8 Å².